The number of imidazole rings is 1. The van der Waals surface area contributed by atoms with E-state index < -0.39 is 11.2 Å². The van der Waals surface area contributed by atoms with Crippen LogP contribution in [0.3, 0.4) is 0 Å². The van der Waals surface area contributed by atoms with Gasteiger partial charge in [0.15, 0.2) is 5.58 Å². The molecular weight excluding hydrogens is 630 g/mol. The first kappa shape index (κ1) is 33.6. The van der Waals surface area contributed by atoms with Crippen LogP contribution in [0.15, 0.2) is 65.1 Å². The molecule has 2 aliphatic heterocycles. The van der Waals surface area contributed by atoms with Crippen molar-refractivity contribution >= 4 is 34.3 Å². The van der Waals surface area contributed by atoms with Crippen LogP contribution in [0.4, 0.5) is 9.59 Å². The van der Waals surface area contributed by atoms with E-state index >= 15 is 0 Å². The summed E-state index contributed by atoms with van der Waals surface area (Å²) in [5, 5.41) is 0. The number of H-pyrrole nitrogens is 1. The van der Waals surface area contributed by atoms with Crippen LogP contribution in [0.2, 0.25) is 0 Å². The van der Waals surface area contributed by atoms with Crippen LogP contribution in [0.1, 0.15) is 92.0 Å². The summed E-state index contributed by atoms with van der Waals surface area (Å²) in [7, 11) is 0. The number of rotatable bonds is 4. The summed E-state index contributed by atoms with van der Waals surface area (Å²) in [6, 6.07) is 20.3. The summed E-state index contributed by atoms with van der Waals surface area (Å²) >= 11 is 0. The number of aromatic nitrogens is 3. The van der Waals surface area contributed by atoms with Crippen molar-refractivity contribution < 1.29 is 23.5 Å². The third kappa shape index (κ3) is 6.93. The Morgan fingerprint density at radius 1 is 0.700 bits per heavy atom. The Kier molecular flexibility index (Phi) is 8.39. The molecule has 7 rings (SSSR count). The van der Waals surface area contributed by atoms with Crippen LogP contribution in [-0.2, 0) is 9.47 Å². The van der Waals surface area contributed by atoms with Gasteiger partial charge >= 0.3 is 12.2 Å². The van der Waals surface area contributed by atoms with Crippen LogP contribution in [0.25, 0.3) is 44.4 Å². The highest BCUT2D eigenvalue weighted by Crippen LogP contribution is 2.39. The summed E-state index contributed by atoms with van der Waals surface area (Å²) in [6.07, 6.45) is 0.967. The molecule has 2 aliphatic rings. The summed E-state index contributed by atoms with van der Waals surface area (Å²) in [5.41, 5.74) is 6.34. The molecule has 10 heteroatoms. The van der Waals surface area contributed by atoms with Gasteiger partial charge in [-0.05, 0) is 113 Å². The second-order valence-electron chi connectivity index (χ2n) is 16.1. The topological polar surface area (TPSA) is 114 Å². The molecule has 5 aromatic rings. The fourth-order valence-corrected chi connectivity index (χ4v) is 7.12. The molecule has 2 saturated heterocycles. The molecule has 0 radical (unpaired) electrons. The zero-order chi connectivity index (χ0) is 35.5. The van der Waals surface area contributed by atoms with E-state index in [-0.39, 0.29) is 24.3 Å². The number of hydrogen-bond acceptors (Lipinski definition) is 7. The van der Waals surface area contributed by atoms with Gasteiger partial charge in [0.2, 0.25) is 5.89 Å². The van der Waals surface area contributed by atoms with Gasteiger partial charge in [-0.1, -0.05) is 50.2 Å². The number of fused-ring (bicyclic) bond motifs is 2. The van der Waals surface area contributed by atoms with Gasteiger partial charge in [-0.2, -0.15) is 0 Å². The Morgan fingerprint density at radius 3 is 1.78 bits per heavy atom. The third-order valence-electron chi connectivity index (χ3n) is 9.33. The lowest BCUT2D eigenvalue weighted by molar-refractivity contribution is 0.0196. The van der Waals surface area contributed by atoms with Gasteiger partial charge in [0.05, 0.1) is 17.1 Å². The van der Waals surface area contributed by atoms with Crippen LogP contribution in [-0.4, -0.2) is 61.2 Å². The Morgan fingerprint density at radius 2 is 1.20 bits per heavy atom. The number of carbonyl (C=O) groups excluding carboxylic acids is 2. The van der Waals surface area contributed by atoms with E-state index in [2.05, 4.69) is 61.3 Å². The highest BCUT2D eigenvalue weighted by molar-refractivity contribution is 5.84. The van der Waals surface area contributed by atoms with Crippen molar-refractivity contribution in [3.8, 4) is 22.3 Å². The molecule has 4 atom stereocenters. The van der Waals surface area contributed by atoms with E-state index in [9.17, 15) is 9.59 Å². The number of ether oxygens (including phenoxy) is 2. The van der Waals surface area contributed by atoms with Crippen LogP contribution in [0.5, 0.6) is 0 Å². The van der Waals surface area contributed by atoms with Gasteiger partial charge in [0.1, 0.15) is 28.6 Å². The van der Waals surface area contributed by atoms with E-state index in [4.69, 9.17) is 23.9 Å². The lowest BCUT2D eigenvalue weighted by Crippen LogP contribution is -2.37. The molecule has 0 bridgehead atoms. The minimum atomic E-state index is -0.574. The monoisotopic (exact) mass is 677 g/mol. The molecule has 3 aromatic carbocycles. The first-order chi connectivity index (χ1) is 23.6. The molecule has 262 valence electrons. The smallest absolute Gasteiger partial charge is 0.410 e. The minimum absolute atomic E-state index is 0.154. The Balaban J connectivity index is 1.09. The quantitative estimate of drug-likeness (QED) is 0.201. The van der Waals surface area contributed by atoms with Gasteiger partial charge in [-0.25, -0.2) is 19.6 Å². The number of aromatic amines is 1. The number of oxazole rings is 1. The van der Waals surface area contributed by atoms with Crippen molar-refractivity contribution in [1.29, 1.82) is 0 Å². The van der Waals surface area contributed by atoms with Crippen molar-refractivity contribution in [3.63, 3.8) is 0 Å². The minimum Gasteiger partial charge on any atom is -0.444 e. The lowest BCUT2D eigenvalue weighted by atomic mass is 10.00. The molecule has 10 nitrogen and oxygen atoms in total. The molecule has 1 N–H and O–H groups in total. The van der Waals surface area contributed by atoms with Crippen LogP contribution < -0.4 is 0 Å². The number of hydrogen-bond donors (Lipinski definition) is 1. The van der Waals surface area contributed by atoms with Crippen molar-refractivity contribution in [1.82, 2.24) is 24.8 Å². The molecule has 2 aromatic heterocycles. The number of amides is 2. The number of nitrogens with zero attached hydrogens (tertiary/aromatic N) is 4. The van der Waals surface area contributed by atoms with Crippen molar-refractivity contribution in [2.24, 2.45) is 11.8 Å². The van der Waals surface area contributed by atoms with Crippen molar-refractivity contribution in [2.75, 3.05) is 13.1 Å². The van der Waals surface area contributed by atoms with Crippen molar-refractivity contribution in [2.45, 2.75) is 91.5 Å². The zero-order valence-electron chi connectivity index (χ0n) is 30.2. The molecule has 2 fully saturated rings. The standard InChI is InChI=1S/C40H47N5O5/c1-23-17-32(44(21-23)37(46)49-39(3,4)5)35-41-29-15-13-27(19-31(29)42-35)25-9-11-26(12-10-25)28-14-16-30-34(20-28)48-36(43-30)33-18-24(2)22-45(33)38(47)50-40(6,7)8/h9-16,19-20,23-24,32-33H,17-18,21-22H2,1-8H3,(H,41,42)/t23-,24?,32-,33?/m0/s1. The predicted octanol–water partition coefficient (Wildman–Crippen LogP) is 9.67. The third-order valence-corrected chi connectivity index (χ3v) is 9.33. The second kappa shape index (κ2) is 12.5. The van der Waals surface area contributed by atoms with Gasteiger partial charge in [0.25, 0.3) is 0 Å². The van der Waals surface area contributed by atoms with E-state index in [1.807, 2.05) is 59.7 Å². The van der Waals surface area contributed by atoms with Gasteiger partial charge in [-0.3, -0.25) is 9.80 Å². The van der Waals surface area contributed by atoms with E-state index in [1.54, 1.807) is 9.80 Å². The maximum absolute atomic E-state index is 13.0. The molecule has 2 amide bonds. The molecular formula is C40H47N5O5. The van der Waals surface area contributed by atoms with Crippen LogP contribution in [0, 0.1) is 11.8 Å². The highest BCUT2D eigenvalue weighted by atomic mass is 16.6. The average Bonchev–Trinajstić information content (AvgIpc) is 3.82. The van der Waals surface area contributed by atoms with E-state index in [0.29, 0.717) is 36.4 Å². The fourth-order valence-electron chi connectivity index (χ4n) is 7.12. The van der Waals surface area contributed by atoms with Gasteiger partial charge in [-0.15, -0.1) is 0 Å². The Labute approximate surface area is 293 Å². The molecule has 0 spiro atoms. The summed E-state index contributed by atoms with van der Waals surface area (Å²) in [5.74, 6) is 2.00. The summed E-state index contributed by atoms with van der Waals surface area (Å²) in [4.78, 5) is 42.7. The predicted molar refractivity (Wildman–Crippen MR) is 193 cm³/mol. The molecule has 0 aliphatic carbocycles. The second-order valence-corrected chi connectivity index (χ2v) is 16.1. The fraction of sp³-hybridized carbons (Fsp3) is 0.450. The first-order valence-electron chi connectivity index (χ1n) is 17.6. The average molecular weight is 678 g/mol. The van der Waals surface area contributed by atoms with E-state index in [0.717, 1.165) is 57.5 Å². The highest BCUT2D eigenvalue weighted by Gasteiger charge is 2.40. The maximum Gasteiger partial charge on any atom is 0.410 e. The van der Waals surface area contributed by atoms with Crippen molar-refractivity contribution in [3.05, 3.63) is 72.4 Å². The van der Waals surface area contributed by atoms with Gasteiger partial charge in [0, 0.05) is 13.1 Å². The molecule has 0 saturated carbocycles. The normalized spacial score (nSPS) is 21.4. The van der Waals surface area contributed by atoms with Crippen LogP contribution >= 0.6 is 0 Å². The first-order valence-corrected chi connectivity index (χ1v) is 17.6. The molecule has 50 heavy (non-hydrogen) atoms. The summed E-state index contributed by atoms with van der Waals surface area (Å²) < 4.78 is 17.7. The number of benzene rings is 3. The maximum atomic E-state index is 13.0. The Bertz CT molecular complexity index is 1900. The largest absolute Gasteiger partial charge is 0.444 e. The molecule has 4 heterocycles. The number of likely N-dealkylation sites (tertiary alicyclic amines) is 2. The number of carbonyl (C=O) groups is 2. The SMILES string of the molecule is CC1CC(c2nc3ccc(-c4ccc(-c5ccc6nc([C@@H]7C[C@H](C)CN7C(=O)OC(C)(C)C)[nH]c6c5)cc4)cc3o2)N(C(=O)OC(C)(C)C)C1. The van der Waals surface area contributed by atoms with E-state index in [1.165, 1.54) is 0 Å². The summed E-state index contributed by atoms with van der Waals surface area (Å²) in [6.45, 7) is 16.8. The molecule has 2 unspecified atom stereocenters. The Hall–Kier alpha value is -4.86. The number of nitrogens with one attached hydrogen (secondary N) is 1. The zero-order valence-corrected chi connectivity index (χ0v) is 30.2. The van der Waals surface area contributed by atoms with Gasteiger partial charge < -0.3 is 18.9 Å². The lowest BCUT2D eigenvalue weighted by Gasteiger charge is -2.27.